The molecule has 0 saturated carbocycles. The Kier molecular flexibility index (Phi) is 6.44. The fourth-order valence-corrected chi connectivity index (χ4v) is 2.22. The molecular formula is C13H15F2NO3S. The van der Waals surface area contributed by atoms with Crippen LogP contribution in [0.5, 0.6) is 0 Å². The number of thioether (sulfide) groups is 1. The number of benzene rings is 1. The maximum Gasteiger partial charge on any atom is 0.325 e. The topological polar surface area (TPSA) is 46.6 Å². The minimum Gasteiger partial charge on any atom is -0.468 e. The van der Waals surface area contributed by atoms with Gasteiger partial charge in [0.05, 0.1) is 7.11 Å². The Labute approximate surface area is 120 Å². The quantitative estimate of drug-likeness (QED) is 0.596. The minimum atomic E-state index is -0.913. The Morgan fingerprint density at radius 2 is 2.00 bits per heavy atom. The number of amides is 1. The number of hydrogen-bond acceptors (Lipinski definition) is 4. The van der Waals surface area contributed by atoms with Crippen LogP contribution >= 0.6 is 11.8 Å². The fourth-order valence-electron chi connectivity index (χ4n) is 1.36. The lowest BCUT2D eigenvalue weighted by Crippen LogP contribution is -2.32. The van der Waals surface area contributed by atoms with Crippen molar-refractivity contribution >= 4 is 23.6 Å². The summed E-state index contributed by atoms with van der Waals surface area (Å²) >= 11 is 1.24. The Morgan fingerprint density at radius 1 is 1.30 bits per heavy atom. The van der Waals surface area contributed by atoms with Gasteiger partial charge in [-0.1, -0.05) is 0 Å². The highest BCUT2D eigenvalue weighted by molar-refractivity contribution is 7.99. The van der Waals surface area contributed by atoms with Crippen molar-refractivity contribution in [3.05, 3.63) is 29.8 Å². The molecule has 0 bridgehead atoms. The molecule has 1 aromatic rings. The summed E-state index contributed by atoms with van der Waals surface area (Å²) < 4.78 is 30.1. The zero-order valence-corrected chi connectivity index (χ0v) is 12.0. The monoisotopic (exact) mass is 303 g/mol. The Hall–Kier alpha value is -1.63. The third kappa shape index (κ3) is 5.16. The average Bonchev–Trinajstić information content (AvgIpc) is 2.42. The van der Waals surface area contributed by atoms with Crippen molar-refractivity contribution in [3.8, 4) is 0 Å². The van der Waals surface area contributed by atoms with Crippen molar-refractivity contribution in [2.45, 2.75) is 11.3 Å². The van der Waals surface area contributed by atoms with E-state index < -0.39 is 17.6 Å². The van der Waals surface area contributed by atoms with E-state index in [4.69, 9.17) is 0 Å². The highest BCUT2D eigenvalue weighted by Gasteiger charge is 2.13. The van der Waals surface area contributed by atoms with Crippen molar-refractivity contribution in [2.24, 2.45) is 0 Å². The highest BCUT2D eigenvalue weighted by atomic mass is 32.2. The SMILES string of the molecule is COC(=O)CN(C)C(=O)CCSc1ccc(F)c(F)c1. The predicted molar refractivity (Wildman–Crippen MR) is 71.4 cm³/mol. The van der Waals surface area contributed by atoms with Crippen LogP contribution in [0.1, 0.15) is 6.42 Å². The molecule has 110 valence electrons. The van der Waals surface area contributed by atoms with Gasteiger partial charge in [0.1, 0.15) is 6.54 Å². The maximum atomic E-state index is 13.0. The summed E-state index contributed by atoms with van der Waals surface area (Å²) in [5.41, 5.74) is 0. The second kappa shape index (κ2) is 7.84. The summed E-state index contributed by atoms with van der Waals surface area (Å²) in [5.74, 6) is -2.11. The lowest BCUT2D eigenvalue weighted by molar-refractivity contribution is -0.145. The fraction of sp³-hybridized carbons (Fsp3) is 0.385. The first kappa shape index (κ1) is 16.4. The van der Waals surface area contributed by atoms with E-state index in [0.717, 1.165) is 12.1 Å². The molecule has 0 aromatic heterocycles. The van der Waals surface area contributed by atoms with E-state index in [1.807, 2.05) is 0 Å². The van der Waals surface area contributed by atoms with Gasteiger partial charge in [0.15, 0.2) is 11.6 Å². The molecule has 0 atom stereocenters. The van der Waals surface area contributed by atoms with Crippen molar-refractivity contribution in [1.82, 2.24) is 4.90 Å². The molecule has 1 amide bonds. The zero-order chi connectivity index (χ0) is 15.1. The molecule has 20 heavy (non-hydrogen) atoms. The second-order valence-electron chi connectivity index (χ2n) is 4.00. The molecule has 0 heterocycles. The Bertz CT molecular complexity index is 497. The molecule has 0 radical (unpaired) electrons. The number of ether oxygens (including phenoxy) is 1. The van der Waals surface area contributed by atoms with Crippen LogP contribution in [-0.2, 0) is 14.3 Å². The molecule has 0 aliphatic rings. The third-order valence-corrected chi connectivity index (χ3v) is 3.49. The van der Waals surface area contributed by atoms with Crippen LogP contribution in [-0.4, -0.2) is 43.2 Å². The van der Waals surface area contributed by atoms with Gasteiger partial charge in [-0.2, -0.15) is 0 Å². The van der Waals surface area contributed by atoms with Crippen LogP contribution in [0.4, 0.5) is 8.78 Å². The Morgan fingerprint density at radius 3 is 2.60 bits per heavy atom. The number of methoxy groups -OCH3 is 1. The second-order valence-corrected chi connectivity index (χ2v) is 5.17. The number of carbonyl (C=O) groups excluding carboxylic acids is 2. The Balaban J connectivity index is 2.38. The summed E-state index contributed by atoms with van der Waals surface area (Å²) in [5, 5.41) is 0. The molecule has 0 saturated heterocycles. The third-order valence-electron chi connectivity index (χ3n) is 2.50. The summed E-state index contributed by atoms with van der Waals surface area (Å²) in [4.78, 5) is 24.5. The summed E-state index contributed by atoms with van der Waals surface area (Å²) in [6.07, 6.45) is 0.192. The van der Waals surface area contributed by atoms with Gasteiger partial charge in [-0.05, 0) is 18.2 Å². The predicted octanol–water partition coefficient (Wildman–Crippen LogP) is 2.08. The number of hydrogen-bond donors (Lipinski definition) is 0. The molecule has 0 aliphatic heterocycles. The first-order valence-corrected chi connectivity index (χ1v) is 6.81. The first-order valence-electron chi connectivity index (χ1n) is 5.82. The van der Waals surface area contributed by atoms with E-state index in [0.29, 0.717) is 10.6 Å². The van der Waals surface area contributed by atoms with Gasteiger partial charge >= 0.3 is 5.97 Å². The van der Waals surface area contributed by atoms with Gasteiger partial charge in [-0.3, -0.25) is 9.59 Å². The molecule has 7 heteroatoms. The van der Waals surface area contributed by atoms with Crippen molar-refractivity contribution in [3.63, 3.8) is 0 Å². The summed E-state index contributed by atoms with van der Waals surface area (Å²) in [6, 6.07) is 3.58. The van der Waals surface area contributed by atoms with E-state index in [1.54, 1.807) is 0 Å². The first-order chi connectivity index (χ1) is 9.43. The van der Waals surface area contributed by atoms with Gasteiger partial charge in [0.25, 0.3) is 0 Å². The molecule has 0 unspecified atom stereocenters. The minimum absolute atomic E-state index is 0.106. The van der Waals surface area contributed by atoms with Crippen LogP contribution in [0.3, 0.4) is 0 Å². The standard InChI is InChI=1S/C13H15F2NO3S/c1-16(8-13(18)19-2)12(17)5-6-20-9-3-4-10(14)11(15)7-9/h3-4,7H,5-6,8H2,1-2H3. The molecule has 0 spiro atoms. The van der Waals surface area contributed by atoms with Gasteiger partial charge < -0.3 is 9.64 Å². The number of esters is 1. The summed E-state index contributed by atoms with van der Waals surface area (Å²) in [6.45, 7) is -0.106. The van der Waals surface area contributed by atoms with Gasteiger partial charge in [-0.15, -0.1) is 11.8 Å². The van der Waals surface area contributed by atoms with Crippen LogP contribution in [0.25, 0.3) is 0 Å². The molecule has 4 nitrogen and oxygen atoms in total. The highest BCUT2D eigenvalue weighted by Crippen LogP contribution is 2.21. The number of nitrogens with zero attached hydrogens (tertiary/aromatic N) is 1. The maximum absolute atomic E-state index is 13.0. The molecule has 0 N–H and O–H groups in total. The molecule has 1 rings (SSSR count). The van der Waals surface area contributed by atoms with Crippen LogP contribution in [0, 0.1) is 11.6 Å². The normalized spacial score (nSPS) is 10.2. The lowest BCUT2D eigenvalue weighted by Gasteiger charge is -2.15. The number of carbonyl (C=O) groups is 2. The van der Waals surface area contributed by atoms with Gasteiger partial charge in [0, 0.05) is 24.1 Å². The van der Waals surface area contributed by atoms with Crippen molar-refractivity contribution < 1.29 is 23.1 Å². The number of rotatable bonds is 6. The van der Waals surface area contributed by atoms with E-state index >= 15 is 0 Å². The average molecular weight is 303 g/mol. The molecule has 1 aromatic carbocycles. The van der Waals surface area contributed by atoms with Gasteiger partial charge in [0.2, 0.25) is 5.91 Å². The van der Waals surface area contributed by atoms with E-state index in [9.17, 15) is 18.4 Å². The van der Waals surface area contributed by atoms with E-state index in [-0.39, 0.29) is 18.9 Å². The summed E-state index contributed by atoms with van der Waals surface area (Å²) in [7, 11) is 2.75. The van der Waals surface area contributed by atoms with Crippen LogP contribution < -0.4 is 0 Å². The largest absolute Gasteiger partial charge is 0.468 e. The van der Waals surface area contributed by atoms with Crippen LogP contribution in [0.2, 0.25) is 0 Å². The molecular weight excluding hydrogens is 288 g/mol. The molecule has 0 fully saturated rings. The van der Waals surface area contributed by atoms with E-state index in [2.05, 4.69) is 4.74 Å². The van der Waals surface area contributed by atoms with Crippen molar-refractivity contribution in [2.75, 3.05) is 26.5 Å². The van der Waals surface area contributed by atoms with E-state index in [1.165, 1.54) is 36.9 Å². The van der Waals surface area contributed by atoms with Gasteiger partial charge in [-0.25, -0.2) is 8.78 Å². The number of likely N-dealkylation sites (N-methyl/N-ethyl adjacent to an activating group) is 1. The van der Waals surface area contributed by atoms with Crippen LogP contribution in [0.15, 0.2) is 23.1 Å². The zero-order valence-electron chi connectivity index (χ0n) is 11.2. The molecule has 0 aliphatic carbocycles. The lowest BCUT2D eigenvalue weighted by atomic mass is 10.3. The van der Waals surface area contributed by atoms with Crippen molar-refractivity contribution in [1.29, 1.82) is 0 Å². The smallest absolute Gasteiger partial charge is 0.325 e. The number of halogens is 2.